The number of amides is 1. The quantitative estimate of drug-likeness (QED) is 0.746. The number of anilines is 1. The van der Waals surface area contributed by atoms with Crippen molar-refractivity contribution in [3.8, 4) is 0 Å². The predicted octanol–water partition coefficient (Wildman–Crippen LogP) is 3.64. The molecule has 0 bridgehead atoms. The molecule has 1 aromatic carbocycles. The molecule has 2 aliphatic heterocycles. The fraction of sp³-hybridized carbons (Fsp3) is 0.500. The first-order valence-electron chi connectivity index (χ1n) is 7.95. The van der Waals surface area contributed by atoms with Crippen LogP contribution in [-0.4, -0.2) is 42.3 Å². The van der Waals surface area contributed by atoms with Crippen LogP contribution in [0.5, 0.6) is 0 Å². The van der Waals surface area contributed by atoms with Gasteiger partial charge in [-0.25, -0.2) is 8.42 Å². The lowest BCUT2D eigenvalue weighted by Crippen LogP contribution is -2.38. The molecule has 0 unspecified atom stereocenters. The molecule has 9 heteroatoms. The summed E-state index contributed by atoms with van der Waals surface area (Å²) in [6, 6.07) is 4.76. The highest BCUT2D eigenvalue weighted by Crippen LogP contribution is 2.43. The number of sulfone groups is 1. The number of fused-ring (bicyclic) bond motifs is 1. The van der Waals surface area contributed by atoms with Crippen molar-refractivity contribution in [2.45, 2.75) is 31.6 Å². The van der Waals surface area contributed by atoms with Gasteiger partial charge in [0, 0.05) is 16.2 Å². The minimum absolute atomic E-state index is 0.0279. The van der Waals surface area contributed by atoms with Gasteiger partial charge in [-0.1, -0.05) is 48.8 Å². The van der Waals surface area contributed by atoms with Gasteiger partial charge in [-0.15, -0.1) is 0 Å². The largest absolute Gasteiger partial charge is 0.314 e. The molecule has 0 N–H and O–H groups in total. The zero-order valence-corrected chi connectivity index (χ0v) is 16.9. The fourth-order valence-corrected chi connectivity index (χ4v) is 7.31. The normalized spacial score (nSPS) is 27.5. The number of carbonyl (C=O) groups is 1. The number of halogens is 2. The summed E-state index contributed by atoms with van der Waals surface area (Å²) in [6.45, 7) is 3.76. The third-order valence-electron chi connectivity index (χ3n) is 4.48. The highest BCUT2D eigenvalue weighted by Gasteiger charge is 2.49. The molecule has 2 saturated heterocycles. The zero-order chi connectivity index (χ0) is 18.4. The number of hydrogen-bond donors (Lipinski definition) is 0. The van der Waals surface area contributed by atoms with E-state index in [1.165, 1.54) is 11.8 Å². The molecule has 0 saturated carbocycles. The smallest absolute Gasteiger partial charge is 0.250 e. The fourth-order valence-electron chi connectivity index (χ4n) is 2.90. The van der Waals surface area contributed by atoms with Crippen LogP contribution in [0.2, 0.25) is 10.0 Å². The first-order valence-corrected chi connectivity index (χ1v) is 11.4. The Labute approximate surface area is 161 Å². The van der Waals surface area contributed by atoms with Crippen LogP contribution in [0.1, 0.15) is 20.3 Å². The second kappa shape index (κ2) is 7.10. The molecule has 0 spiro atoms. The second-order valence-electron chi connectivity index (χ2n) is 6.31. The van der Waals surface area contributed by atoms with Gasteiger partial charge in [0.15, 0.2) is 15.0 Å². The van der Waals surface area contributed by atoms with Crippen molar-refractivity contribution >= 4 is 61.6 Å². The van der Waals surface area contributed by atoms with Crippen LogP contribution in [0.4, 0.5) is 5.69 Å². The molecule has 2 heterocycles. The first-order chi connectivity index (χ1) is 11.7. The summed E-state index contributed by atoms with van der Waals surface area (Å²) in [7, 11) is -3.11. The number of carbonyl (C=O) groups excluding carboxylic acids is 1. The Bertz CT molecular complexity index is 842. The second-order valence-corrected chi connectivity index (χ2v) is 10.5. The van der Waals surface area contributed by atoms with Crippen LogP contribution in [0.25, 0.3) is 0 Å². The van der Waals surface area contributed by atoms with Crippen LogP contribution >= 0.6 is 35.0 Å². The number of amidine groups is 1. The van der Waals surface area contributed by atoms with Crippen molar-refractivity contribution in [3.63, 3.8) is 0 Å². The maximum atomic E-state index is 12.3. The SMILES string of the molecule is CC[C@H](C)C(=O)N=C1S[C@H]2CS(=O)(=O)C[C@H]2N1c1ccc(Cl)cc1Cl. The van der Waals surface area contributed by atoms with E-state index < -0.39 is 9.84 Å². The predicted molar refractivity (Wildman–Crippen MR) is 105 cm³/mol. The summed E-state index contributed by atoms with van der Waals surface area (Å²) in [5, 5.41) is 1.26. The van der Waals surface area contributed by atoms with Crippen molar-refractivity contribution in [3.05, 3.63) is 28.2 Å². The summed E-state index contributed by atoms with van der Waals surface area (Å²) in [5.74, 6) is -0.275. The van der Waals surface area contributed by atoms with E-state index in [0.717, 1.165) is 0 Å². The molecule has 3 atom stereocenters. The Hall–Kier alpha value is -0.760. The standard InChI is InChI=1S/C16H18Cl2N2O3S2/c1-3-9(2)15(21)19-16-20(12-5-4-10(17)6-11(12)18)13-7-25(22,23)8-14(13)24-16/h4-6,9,13-14H,3,7-8H2,1-2H3/t9-,13+,14-/m0/s1. The number of aliphatic imine (C=N–C) groups is 1. The minimum Gasteiger partial charge on any atom is -0.314 e. The zero-order valence-electron chi connectivity index (χ0n) is 13.8. The van der Waals surface area contributed by atoms with Gasteiger partial charge >= 0.3 is 0 Å². The van der Waals surface area contributed by atoms with Crippen LogP contribution < -0.4 is 4.90 Å². The average molecular weight is 421 g/mol. The van der Waals surface area contributed by atoms with Crippen molar-refractivity contribution in [2.75, 3.05) is 16.4 Å². The van der Waals surface area contributed by atoms with Gasteiger partial charge < -0.3 is 4.90 Å². The van der Waals surface area contributed by atoms with E-state index in [1.54, 1.807) is 23.1 Å². The molecule has 0 aliphatic carbocycles. The molecule has 2 fully saturated rings. The van der Waals surface area contributed by atoms with Crippen LogP contribution in [0, 0.1) is 5.92 Å². The van der Waals surface area contributed by atoms with E-state index in [4.69, 9.17) is 23.2 Å². The van der Waals surface area contributed by atoms with E-state index >= 15 is 0 Å². The molecule has 0 aromatic heterocycles. The summed E-state index contributed by atoms with van der Waals surface area (Å²) in [4.78, 5) is 18.4. The van der Waals surface area contributed by atoms with Gasteiger partial charge in [0.25, 0.3) is 5.91 Å². The van der Waals surface area contributed by atoms with Crippen molar-refractivity contribution in [1.29, 1.82) is 0 Å². The van der Waals surface area contributed by atoms with E-state index in [2.05, 4.69) is 4.99 Å². The molecule has 2 aliphatic rings. The molecule has 1 aromatic rings. The highest BCUT2D eigenvalue weighted by molar-refractivity contribution is 8.16. The third kappa shape index (κ3) is 3.84. The molecule has 25 heavy (non-hydrogen) atoms. The number of nitrogens with zero attached hydrogens (tertiary/aromatic N) is 2. The minimum atomic E-state index is -3.11. The van der Waals surface area contributed by atoms with Gasteiger partial charge in [-0.05, 0) is 24.6 Å². The average Bonchev–Trinajstić information content (AvgIpc) is 2.98. The first kappa shape index (κ1) is 19.0. The van der Waals surface area contributed by atoms with Crippen LogP contribution in [-0.2, 0) is 14.6 Å². The van der Waals surface area contributed by atoms with Crippen LogP contribution in [0.15, 0.2) is 23.2 Å². The molecule has 0 radical (unpaired) electrons. The van der Waals surface area contributed by atoms with Gasteiger partial charge in [0.2, 0.25) is 0 Å². The monoisotopic (exact) mass is 420 g/mol. The number of benzene rings is 1. The van der Waals surface area contributed by atoms with E-state index in [-0.39, 0.29) is 34.6 Å². The third-order valence-corrected chi connectivity index (χ3v) is 8.22. The lowest BCUT2D eigenvalue weighted by atomic mass is 10.1. The van der Waals surface area contributed by atoms with Crippen molar-refractivity contribution in [2.24, 2.45) is 10.9 Å². The Morgan fingerprint density at radius 1 is 1.40 bits per heavy atom. The highest BCUT2D eigenvalue weighted by atomic mass is 35.5. The lowest BCUT2D eigenvalue weighted by Gasteiger charge is -2.25. The topological polar surface area (TPSA) is 66.8 Å². The number of rotatable bonds is 3. The van der Waals surface area contributed by atoms with Gasteiger partial charge in [-0.3, -0.25) is 4.79 Å². The summed E-state index contributed by atoms with van der Waals surface area (Å²) < 4.78 is 24.1. The summed E-state index contributed by atoms with van der Waals surface area (Å²) in [5.41, 5.74) is 0.624. The summed E-state index contributed by atoms with van der Waals surface area (Å²) in [6.07, 6.45) is 0.698. The van der Waals surface area contributed by atoms with Gasteiger partial charge in [-0.2, -0.15) is 4.99 Å². The number of thioether (sulfide) groups is 1. The molecule has 5 nitrogen and oxygen atoms in total. The Morgan fingerprint density at radius 3 is 2.76 bits per heavy atom. The van der Waals surface area contributed by atoms with E-state index in [9.17, 15) is 13.2 Å². The lowest BCUT2D eigenvalue weighted by molar-refractivity contribution is -0.121. The van der Waals surface area contributed by atoms with Gasteiger partial charge in [0.1, 0.15) is 0 Å². The van der Waals surface area contributed by atoms with Crippen molar-refractivity contribution in [1.82, 2.24) is 0 Å². The molecule has 136 valence electrons. The molecular formula is C16H18Cl2N2O3S2. The molecule has 1 amide bonds. The Balaban J connectivity index is 2.04. The van der Waals surface area contributed by atoms with E-state index in [1.807, 2.05) is 13.8 Å². The Morgan fingerprint density at radius 2 is 2.12 bits per heavy atom. The molecular weight excluding hydrogens is 403 g/mol. The van der Waals surface area contributed by atoms with Crippen molar-refractivity contribution < 1.29 is 13.2 Å². The van der Waals surface area contributed by atoms with E-state index in [0.29, 0.717) is 27.3 Å². The van der Waals surface area contributed by atoms with Gasteiger partial charge in [0.05, 0.1) is 28.3 Å². The molecule has 3 rings (SSSR count). The maximum absolute atomic E-state index is 12.3. The Kier molecular flexibility index (Phi) is 5.40. The number of hydrogen-bond acceptors (Lipinski definition) is 4. The summed E-state index contributed by atoms with van der Waals surface area (Å²) >= 11 is 13.7. The van der Waals surface area contributed by atoms with Crippen LogP contribution in [0.3, 0.4) is 0 Å². The maximum Gasteiger partial charge on any atom is 0.250 e.